The average Bonchev–Trinajstić information content (AvgIpc) is 3.52. The molecule has 242 valence electrons. The van der Waals surface area contributed by atoms with E-state index in [0.717, 1.165) is 28.3 Å². The van der Waals surface area contributed by atoms with Crippen molar-refractivity contribution in [2.45, 2.75) is 50.2 Å². The summed E-state index contributed by atoms with van der Waals surface area (Å²) in [4.78, 5) is 31.2. The molecule has 4 aromatic rings. The number of aliphatic hydroxyl groups is 1. The Morgan fingerprint density at radius 2 is 1.60 bits per heavy atom. The molecule has 3 aliphatic rings. The van der Waals surface area contributed by atoms with Gasteiger partial charge in [-0.1, -0.05) is 79.8 Å². The van der Waals surface area contributed by atoms with Crippen molar-refractivity contribution in [1.82, 2.24) is 0 Å². The largest absolute Gasteiger partial charge is 0.497 e. The molecule has 0 radical (unpaired) electrons. The van der Waals surface area contributed by atoms with Crippen molar-refractivity contribution < 1.29 is 28.9 Å². The minimum absolute atomic E-state index is 0.0148. The molecule has 4 atom stereocenters. The maximum Gasteiger partial charge on any atom is 0.269 e. The van der Waals surface area contributed by atoms with Crippen LogP contribution in [-0.2, 0) is 26.5 Å². The Bertz CT molecular complexity index is 1810. The van der Waals surface area contributed by atoms with Gasteiger partial charge in [0.1, 0.15) is 11.5 Å². The number of carbonyl (C=O) groups excluding carboxylic acids is 2. The Morgan fingerprint density at radius 3 is 2.30 bits per heavy atom. The fourth-order valence-corrected chi connectivity index (χ4v) is 12.2. The second kappa shape index (κ2) is 12.0. The van der Waals surface area contributed by atoms with Gasteiger partial charge < -0.3 is 24.2 Å². The fraction of sp³-hybridized carbons (Fsp3) is 0.316. The number of amides is 2. The number of hydrogen-bond acceptors (Lipinski definition) is 6. The molecule has 9 heteroatoms. The topological polar surface area (TPSA) is 88.5 Å². The third kappa shape index (κ3) is 4.96. The molecule has 0 saturated carbocycles. The summed E-state index contributed by atoms with van der Waals surface area (Å²) in [6, 6.07) is 31.5. The molecule has 2 amide bonds. The summed E-state index contributed by atoms with van der Waals surface area (Å²) in [6.45, 7) is 7.16. The lowest BCUT2D eigenvalue weighted by molar-refractivity contribution is -0.146. The Morgan fingerprint density at radius 1 is 0.915 bits per heavy atom. The SMILES string of the molecule is COc1ccc([Si](C)(C)[C@H]2[C@H](CCO)O[C@@]3(C(=O)N(Cc4ccc(N5C(=O)COc6ccccc65)cc4)c4ccccc43)[C@@H]2C)cc1. The molecule has 0 bridgehead atoms. The lowest BCUT2D eigenvalue weighted by Crippen LogP contribution is -2.51. The van der Waals surface area contributed by atoms with Crippen molar-refractivity contribution in [3.8, 4) is 11.5 Å². The second-order valence-corrected chi connectivity index (χ2v) is 17.9. The van der Waals surface area contributed by atoms with E-state index in [9.17, 15) is 14.7 Å². The van der Waals surface area contributed by atoms with Gasteiger partial charge in [-0.15, -0.1) is 0 Å². The first-order chi connectivity index (χ1) is 22.7. The highest BCUT2D eigenvalue weighted by Gasteiger charge is 2.66. The zero-order chi connectivity index (χ0) is 32.9. The number of benzene rings is 4. The molecule has 1 fully saturated rings. The number of methoxy groups -OCH3 is 1. The lowest BCUT2D eigenvalue weighted by atomic mass is 9.82. The van der Waals surface area contributed by atoms with Gasteiger partial charge in [-0.3, -0.25) is 14.5 Å². The van der Waals surface area contributed by atoms with Crippen LogP contribution in [0.5, 0.6) is 11.5 Å². The van der Waals surface area contributed by atoms with Gasteiger partial charge >= 0.3 is 0 Å². The highest BCUT2D eigenvalue weighted by molar-refractivity contribution is 6.91. The van der Waals surface area contributed by atoms with Crippen molar-refractivity contribution in [1.29, 1.82) is 0 Å². The number of para-hydroxylation sites is 3. The molecule has 0 aliphatic carbocycles. The molecule has 7 rings (SSSR count). The number of nitrogens with zero attached hydrogens (tertiary/aromatic N) is 2. The molecule has 1 spiro atoms. The standard InChI is InChI=1S/C38H40N2O6Si/c1-25-36(47(3,4)29-19-17-28(44-2)18-20-29)34(21-22-41)46-38(25)30-9-5-6-10-31(30)39(37(38)43)23-26-13-15-27(16-14-26)40-32-11-7-8-12-33(32)45-24-35(40)42/h5-20,25,34,36,41H,21-24H2,1-4H3/t25-,34+,36-,38+/m1/s1. The van der Waals surface area contributed by atoms with E-state index in [0.29, 0.717) is 24.4 Å². The summed E-state index contributed by atoms with van der Waals surface area (Å²) in [7, 11) is -0.578. The molecule has 3 heterocycles. The quantitative estimate of drug-likeness (QED) is 0.240. The highest BCUT2D eigenvalue weighted by Crippen LogP contribution is 2.60. The van der Waals surface area contributed by atoms with Crippen LogP contribution in [0.25, 0.3) is 0 Å². The van der Waals surface area contributed by atoms with Gasteiger partial charge in [0.25, 0.3) is 11.8 Å². The van der Waals surface area contributed by atoms with Crippen molar-refractivity contribution in [2.75, 3.05) is 30.1 Å². The maximum atomic E-state index is 14.8. The maximum absolute atomic E-state index is 14.8. The number of rotatable bonds is 8. The van der Waals surface area contributed by atoms with Crippen LogP contribution in [0.1, 0.15) is 24.5 Å². The van der Waals surface area contributed by atoms with Crippen LogP contribution < -0.4 is 24.5 Å². The van der Waals surface area contributed by atoms with Crippen molar-refractivity contribution in [3.05, 3.63) is 108 Å². The number of carbonyl (C=O) groups is 2. The molecular formula is C38H40N2O6Si. The van der Waals surface area contributed by atoms with Gasteiger partial charge in [0.05, 0.1) is 39.2 Å². The predicted molar refractivity (Wildman–Crippen MR) is 184 cm³/mol. The third-order valence-electron chi connectivity index (χ3n) is 10.4. The summed E-state index contributed by atoms with van der Waals surface area (Å²) < 4.78 is 18.0. The summed E-state index contributed by atoms with van der Waals surface area (Å²) >= 11 is 0. The van der Waals surface area contributed by atoms with E-state index in [2.05, 4.69) is 32.2 Å². The van der Waals surface area contributed by atoms with Gasteiger partial charge in [0, 0.05) is 23.8 Å². The minimum Gasteiger partial charge on any atom is -0.497 e. The molecule has 47 heavy (non-hydrogen) atoms. The van der Waals surface area contributed by atoms with Crippen LogP contribution in [0.2, 0.25) is 18.6 Å². The normalized spacial score (nSPS) is 23.6. The lowest BCUT2D eigenvalue weighted by Gasteiger charge is -2.37. The van der Waals surface area contributed by atoms with E-state index in [1.54, 1.807) is 12.0 Å². The van der Waals surface area contributed by atoms with Crippen molar-refractivity contribution >= 4 is 42.1 Å². The molecular weight excluding hydrogens is 609 g/mol. The van der Waals surface area contributed by atoms with Gasteiger partial charge in [0.15, 0.2) is 12.2 Å². The van der Waals surface area contributed by atoms with Crippen LogP contribution in [0, 0.1) is 5.92 Å². The smallest absolute Gasteiger partial charge is 0.269 e. The summed E-state index contributed by atoms with van der Waals surface area (Å²) in [5.41, 5.74) is 3.04. The van der Waals surface area contributed by atoms with E-state index in [-0.39, 0.29) is 42.6 Å². The first-order valence-electron chi connectivity index (χ1n) is 16.2. The van der Waals surface area contributed by atoms with Gasteiger partial charge in [-0.2, -0.15) is 0 Å². The molecule has 8 nitrogen and oxygen atoms in total. The fourth-order valence-electron chi connectivity index (χ4n) is 8.14. The van der Waals surface area contributed by atoms with E-state index in [1.165, 1.54) is 5.19 Å². The first-order valence-corrected chi connectivity index (χ1v) is 19.3. The second-order valence-electron chi connectivity index (χ2n) is 13.2. The monoisotopic (exact) mass is 648 g/mol. The summed E-state index contributed by atoms with van der Waals surface area (Å²) in [5, 5.41) is 11.4. The highest BCUT2D eigenvalue weighted by atomic mass is 28.3. The van der Waals surface area contributed by atoms with Crippen LogP contribution >= 0.6 is 0 Å². The van der Waals surface area contributed by atoms with E-state index in [1.807, 2.05) is 89.8 Å². The van der Waals surface area contributed by atoms with Crippen LogP contribution in [0.4, 0.5) is 17.1 Å². The summed E-state index contributed by atoms with van der Waals surface area (Å²) in [6.07, 6.45) is 0.188. The van der Waals surface area contributed by atoms with Crippen LogP contribution in [0.15, 0.2) is 97.1 Å². The zero-order valence-corrected chi connectivity index (χ0v) is 28.2. The zero-order valence-electron chi connectivity index (χ0n) is 27.2. The Balaban J connectivity index is 1.21. The van der Waals surface area contributed by atoms with E-state index in [4.69, 9.17) is 14.2 Å². The third-order valence-corrected chi connectivity index (χ3v) is 14.8. The number of anilines is 3. The molecule has 0 unspecified atom stereocenters. The molecule has 0 aromatic heterocycles. The molecule has 4 aromatic carbocycles. The molecule has 1 N–H and O–H groups in total. The van der Waals surface area contributed by atoms with E-state index >= 15 is 0 Å². The van der Waals surface area contributed by atoms with Crippen LogP contribution in [0.3, 0.4) is 0 Å². The number of hydrogen-bond donors (Lipinski definition) is 1. The van der Waals surface area contributed by atoms with Gasteiger partial charge in [-0.05, 0) is 60.0 Å². The Kier molecular flexibility index (Phi) is 7.94. The predicted octanol–water partition coefficient (Wildman–Crippen LogP) is 5.90. The van der Waals surface area contributed by atoms with Gasteiger partial charge in [-0.25, -0.2) is 0 Å². The number of fused-ring (bicyclic) bond motifs is 3. The number of ether oxygens (including phenoxy) is 3. The molecule has 3 aliphatic heterocycles. The van der Waals surface area contributed by atoms with Crippen LogP contribution in [-0.4, -0.2) is 51.4 Å². The summed E-state index contributed by atoms with van der Waals surface area (Å²) in [5.74, 6) is 1.14. The Hall–Kier alpha value is -4.44. The minimum atomic E-state index is -2.24. The first kappa shape index (κ1) is 31.2. The van der Waals surface area contributed by atoms with Crippen molar-refractivity contribution in [3.63, 3.8) is 0 Å². The Labute approximate surface area is 276 Å². The van der Waals surface area contributed by atoms with Gasteiger partial charge in [0.2, 0.25) is 0 Å². The van der Waals surface area contributed by atoms with Crippen molar-refractivity contribution in [2.24, 2.45) is 5.92 Å². The van der Waals surface area contributed by atoms with E-state index < -0.39 is 13.7 Å². The molecule has 1 saturated heterocycles. The number of aliphatic hydroxyl groups excluding tert-OH is 1. The average molecular weight is 649 g/mol.